The molecule has 118 valence electrons. The first kappa shape index (κ1) is 15.6. The standard InChI is InChI=1S/C17H16FN3OS/c1-12(16(22)19-10-13-5-7-14(18)8-6-13)23-17-20-11-15-4-2-3-9-21(15)17/h2-9,11-12H,10H2,1H3,(H,19,22). The SMILES string of the molecule is CC(Sc1ncc2ccccn12)C(=O)NCc1ccc(F)cc1. The molecule has 1 N–H and O–H groups in total. The molecule has 0 aliphatic carbocycles. The zero-order valence-corrected chi connectivity index (χ0v) is 13.4. The molecule has 0 saturated carbocycles. The van der Waals surface area contributed by atoms with Crippen molar-refractivity contribution in [3.8, 4) is 0 Å². The topological polar surface area (TPSA) is 46.4 Å². The predicted octanol–water partition coefficient (Wildman–Crippen LogP) is 3.27. The van der Waals surface area contributed by atoms with E-state index in [0.717, 1.165) is 16.2 Å². The Morgan fingerprint density at radius 1 is 1.30 bits per heavy atom. The zero-order chi connectivity index (χ0) is 16.2. The molecule has 0 bridgehead atoms. The quantitative estimate of drug-likeness (QED) is 0.731. The number of thioether (sulfide) groups is 1. The van der Waals surface area contributed by atoms with Crippen LogP contribution in [0.3, 0.4) is 0 Å². The molecule has 0 aliphatic heterocycles. The summed E-state index contributed by atoms with van der Waals surface area (Å²) >= 11 is 1.41. The number of amides is 1. The second kappa shape index (κ2) is 6.83. The van der Waals surface area contributed by atoms with Gasteiger partial charge in [-0.25, -0.2) is 9.37 Å². The van der Waals surface area contributed by atoms with Gasteiger partial charge in [-0.2, -0.15) is 0 Å². The summed E-state index contributed by atoms with van der Waals surface area (Å²) in [5.41, 5.74) is 1.86. The van der Waals surface area contributed by atoms with Gasteiger partial charge < -0.3 is 5.32 Å². The first-order valence-electron chi connectivity index (χ1n) is 7.24. The lowest BCUT2D eigenvalue weighted by atomic mass is 10.2. The molecule has 0 fully saturated rings. The Kier molecular flexibility index (Phi) is 4.62. The highest BCUT2D eigenvalue weighted by atomic mass is 32.2. The van der Waals surface area contributed by atoms with Crippen molar-refractivity contribution in [2.24, 2.45) is 0 Å². The van der Waals surface area contributed by atoms with Crippen molar-refractivity contribution in [1.82, 2.24) is 14.7 Å². The monoisotopic (exact) mass is 329 g/mol. The molecule has 1 atom stereocenters. The molecule has 0 saturated heterocycles. The average molecular weight is 329 g/mol. The lowest BCUT2D eigenvalue weighted by Crippen LogP contribution is -2.30. The zero-order valence-electron chi connectivity index (χ0n) is 12.6. The number of imidazole rings is 1. The molecule has 3 rings (SSSR count). The van der Waals surface area contributed by atoms with E-state index in [4.69, 9.17) is 0 Å². The Morgan fingerprint density at radius 3 is 2.87 bits per heavy atom. The maximum Gasteiger partial charge on any atom is 0.233 e. The molecule has 2 aromatic heterocycles. The van der Waals surface area contributed by atoms with E-state index in [1.165, 1.54) is 23.9 Å². The Labute approximate surface area is 137 Å². The third-order valence-corrected chi connectivity index (χ3v) is 4.52. The van der Waals surface area contributed by atoms with Gasteiger partial charge in [0.15, 0.2) is 5.16 Å². The molecule has 6 heteroatoms. The van der Waals surface area contributed by atoms with Crippen LogP contribution in [-0.4, -0.2) is 20.5 Å². The molecule has 0 aliphatic rings. The molecule has 0 spiro atoms. The van der Waals surface area contributed by atoms with Gasteiger partial charge in [-0.05, 0) is 36.8 Å². The fraction of sp³-hybridized carbons (Fsp3) is 0.176. The third kappa shape index (κ3) is 3.71. The summed E-state index contributed by atoms with van der Waals surface area (Å²) in [5, 5.41) is 3.37. The van der Waals surface area contributed by atoms with Crippen molar-refractivity contribution in [2.75, 3.05) is 0 Å². The normalized spacial score (nSPS) is 12.3. The van der Waals surface area contributed by atoms with Crippen LogP contribution in [0.25, 0.3) is 5.52 Å². The molecule has 3 aromatic rings. The van der Waals surface area contributed by atoms with Crippen molar-refractivity contribution in [3.05, 3.63) is 66.2 Å². The van der Waals surface area contributed by atoms with Crippen LogP contribution in [0.4, 0.5) is 4.39 Å². The van der Waals surface area contributed by atoms with Crippen molar-refractivity contribution in [3.63, 3.8) is 0 Å². The van der Waals surface area contributed by atoms with Crippen LogP contribution in [0.1, 0.15) is 12.5 Å². The van der Waals surface area contributed by atoms with E-state index in [2.05, 4.69) is 10.3 Å². The van der Waals surface area contributed by atoms with Gasteiger partial charge >= 0.3 is 0 Å². The Bertz CT molecular complexity index is 816. The Morgan fingerprint density at radius 2 is 2.09 bits per heavy atom. The van der Waals surface area contributed by atoms with Gasteiger partial charge in [0.1, 0.15) is 5.82 Å². The summed E-state index contributed by atoms with van der Waals surface area (Å²) in [6.45, 7) is 2.22. The summed E-state index contributed by atoms with van der Waals surface area (Å²) in [6, 6.07) is 11.9. The van der Waals surface area contributed by atoms with E-state index in [1.54, 1.807) is 18.3 Å². The fourth-order valence-electron chi connectivity index (χ4n) is 2.15. The molecule has 1 aromatic carbocycles. The number of carbonyl (C=O) groups excluding carboxylic acids is 1. The second-order valence-corrected chi connectivity index (χ2v) is 6.45. The summed E-state index contributed by atoms with van der Waals surface area (Å²) in [4.78, 5) is 16.6. The van der Waals surface area contributed by atoms with Crippen molar-refractivity contribution in [2.45, 2.75) is 23.9 Å². The van der Waals surface area contributed by atoms with Crippen LogP contribution in [0.15, 0.2) is 60.0 Å². The molecular formula is C17H16FN3OS. The number of nitrogens with zero attached hydrogens (tertiary/aromatic N) is 2. The van der Waals surface area contributed by atoms with Crippen LogP contribution in [0, 0.1) is 5.82 Å². The van der Waals surface area contributed by atoms with E-state index >= 15 is 0 Å². The highest BCUT2D eigenvalue weighted by molar-refractivity contribution is 8.00. The molecular weight excluding hydrogens is 313 g/mol. The van der Waals surface area contributed by atoms with Crippen LogP contribution in [0.2, 0.25) is 0 Å². The number of rotatable bonds is 5. The molecule has 2 heterocycles. The first-order chi connectivity index (χ1) is 11.1. The highest BCUT2D eigenvalue weighted by Gasteiger charge is 2.16. The van der Waals surface area contributed by atoms with E-state index in [0.29, 0.717) is 6.54 Å². The second-order valence-electron chi connectivity index (χ2n) is 5.14. The van der Waals surface area contributed by atoms with Crippen LogP contribution in [0.5, 0.6) is 0 Å². The Hall–Kier alpha value is -2.34. The number of halogens is 1. The summed E-state index contributed by atoms with van der Waals surface area (Å²) in [6.07, 6.45) is 3.71. The van der Waals surface area contributed by atoms with Gasteiger partial charge in [-0.3, -0.25) is 9.20 Å². The first-order valence-corrected chi connectivity index (χ1v) is 8.12. The third-order valence-electron chi connectivity index (χ3n) is 3.44. The average Bonchev–Trinajstić information content (AvgIpc) is 2.97. The minimum atomic E-state index is -0.282. The van der Waals surface area contributed by atoms with E-state index < -0.39 is 0 Å². The molecule has 1 unspecified atom stereocenters. The number of fused-ring (bicyclic) bond motifs is 1. The largest absolute Gasteiger partial charge is 0.351 e. The number of benzene rings is 1. The smallest absolute Gasteiger partial charge is 0.233 e. The van der Waals surface area contributed by atoms with Gasteiger partial charge in [0, 0.05) is 12.7 Å². The molecule has 23 heavy (non-hydrogen) atoms. The van der Waals surface area contributed by atoms with Crippen LogP contribution < -0.4 is 5.32 Å². The number of hydrogen-bond acceptors (Lipinski definition) is 3. The van der Waals surface area contributed by atoms with Gasteiger partial charge in [0.2, 0.25) is 5.91 Å². The van der Waals surface area contributed by atoms with Crippen LogP contribution in [-0.2, 0) is 11.3 Å². The van der Waals surface area contributed by atoms with Crippen molar-refractivity contribution in [1.29, 1.82) is 0 Å². The van der Waals surface area contributed by atoms with E-state index in [1.807, 2.05) is 35.7 Å². The number of pyridine rings is 1. The summed E-state index contributed by atoms with van der Waals surface area (Å²) in [7, 11) is 0. The predicted molar refractivity (Wildman–Crippen MR) is 88.8 cm³/mol. The highest BCUT2D eigenvalue weighted by Crippen LogP contribution is 2.23. The maximum absolute atomic E-state index is 12.9. The summed E-state index contributed by atoms with van der Waals surface area (Å²) < 4.78 is 14.8. The molecule has 4 nitrogen and oxygen atoms in total. The lowest BCUT2D eigenvalue weighted by molar-refractivity contribution is -0.120. The minimum Gasteiger partial charge on any atom is -0.351 e. The Balaban J connectivity index is 1.60. The maximum atomic E-state index is 12.9. The number of carbonyl (C=O) groups is 1. The van der Waals surface area contributed by atoms with Gasteiger partial charge in [-0.1, -0.05) is 30.0 Å². The molecule has 0 radical (unpaired) electrons. The summed E-state index contributed by atoms with van der Waals surface area (Å²) in [5.74, 6) is -0.359. The van der Waals surface area contributed by atoms with Gasteiger partial charge in [-0.15, -0.1) is 0 Å². The number of hydrogen-bond donors (Lipinski definition) is 1. The van der Waals surface area contributed by atoms with E-state index in [-0.39, 0.29) is 17.0 Å². The van der Waals surface area contributed by atoms with Gasteiger partial charge in [0.25, 0.3) is 0 Å². The van der Waals surface area contributed by atoms with Crippen molar-refractivity contribution < 1.29 is 9.18 Å². The fourth-order valence-corrected chi connectivity index (χ4v) is 3.05. The van der Waals surface area contributed by atoms with Crippen molar-refractivity contribution >= 4 is 23.2 Å². The van der Waals surface area contributed by atoms with Crippen LogP contribution >= 0.6 is 11.8 Å². The number of aromatic nitrogens is 2. The molecule has 1 amide bonds. The number of nitrogens with one attached hydrogen (secondary N) is 1. The minimum absolute atomic E-state index is 0.0768. The lowest BCUT2D eigenvalue weighted by Gasteiger charge is -2.11. The van der Waals surface area contributed by atoms with E-state index in [9.17, 15) is 9.18 Å². The van der Waals surface area contributed by atoms with Gasteiger partial charge in [0.05, 0.1) is 17.0 Å².